The molecule has 2 unspecified atom stereocenters. The van der Waals surface area contributed by atoms with Gasteiger partial charge in [0.1, 0.15) is 5.03 Å². The van der Waals surface area contributed by atoms with Gasteiger partial charge in [-0.2, -0.15) is 0 Å². The van der Waals surface area contributed by atoms with Crippen LogP contribution < -0.4 is 5.73 Å². The maximum absolute atomic E-state index is 6.11. The summed E-state index contributed by atoms with van der Waals surface area (Å²) in [6, 6.07) is 4.30. The zero-order valence-electron chi connectivity index (χ0n) is 8.53. The summed E-state index contributed by atoms with van der Waals surface area (Å²) in [4.78, 5) is 4.37. The van der Waals surface area contributed by atoms with Crippen LogP contribution in [0.1, 0.15) is 25.7 Å². The Morgan fingerprint density at radius 1 is 1.40 bits per heavy atom. The third-order valence-electron chi connectivity index (χ3n) is 2.74. The first-order valence-electron chi connectivity index (χ1n) is 5.30. The van der Waals surface area contributed by atoms with Crippen molar-refractivity contribution in [2.24, 2.45) is 5.73 Å². The van der Waals surface area contributed by atoms with Gasteiger partial charge in [-0.15, -0.1) is 11.8 Å². The van der Waals surface area contributed by atoms with Crippen molar-refractivity contribution >= 4 is 27.7 Å². The van der Waals surface area contributed by atoms with Gasteiger partial charge >= 0.3 is 0 Å². The zero-order valence-corrected chi connectivity index (χ0v) is 10.9. The lowest BCUT2D eigenvalue weighted by Gasteiger charge is -2.27. The van der Waals surface area contributed by atoms with Crippen molar-refractivity contribution in [1.29, 1.82) is 0 Å². The summed E-state index contributed by atoms with van der Waals surface area (Å²) in [6.07, 6.45) is 6.79. The number of pyridine rings is 1. The van der Waals surface area contributed by atoms with E-state index in [0.29, 0.717) is 11.3 Å². The van der Waals surface area contributed by atoms with Crippen LogP contribution in [0.4, 0.5) is 0 Å². The minimum atomic E-state index is 0.331. The van der Waals surface area contributed by atoms with Crippen molar-refractivity contribution in [3.63, 3.8) is 0 Å². The number of nitrogens with zero attached hydrogens (tertiary/aromatic N) is 1. The fourth-order valence-corrected chi connectivity index (χ4v) is 3.59. The molecule has 15 heavy (non-hydrogen) atoms. The summed E-state index contributed by atoms with van der Waals surface area (Å²) in [7, 11) is 0. The highest BCUT2D eigenvalue weighted by Gasteiger charge is 2.23. The number of hydrogen-bond donors (Lipinski definition) is 1. The first-order chi connectivity index (χ1) is 7.27. The van der Waals surface area contributed by atoms with Crippen LogP contribution >= 0.6 is 27.7 Å². The summed E-state index contributed by atoms with van der Waals surface area (Å²) in [5, 5.41) is 1.60. The van der Waals surface area contributed by atoms with E-state index in [1.807, 2.05) is 30.1 Å². The topological polar surface area (TPSA) is 38.9 Å². The maximum Gasteiger partial charge on any atom is 0.110 e. The zero-order chi connectivity index (χ0) is 10.7. The monoisotopic (exact) mass is 286 g/mol. The molecule has 1 aliphatic carbocycles. The second-order valence-corrected chi connectivity index (χ2v) is 5.98. The van der Waals surface area contributed by atoms with Crippen molar-refractivity contribution in [1.82, 2.24) is 4.98 Å². The maximum atomic E-state index is 6.11. The summed E-state index contributed by atoms with van der Waals surface area (Å²) in [6.45, 7) is 0. The highest BCUT2D eigenvalue weighted by Crippen LogP contribution is 2.35. The highest BCUT2D eigenvalue weighted by atomic mass is 79.9. The van der Waals surface area contributed by atoms with Gasteiger partial charge in [0.15, 0.2) is 0 Å². The standard InChI is InChI=1S/C11H15BrN2S/c12-8-4-3-7-14-11(8)15-10-6-2-1-5-9(10)13/h3-4,7,9-10H,1-2,5-6,13H2. The van der Waals surface area contributed by atoms with E-state index in [0.717, 1.165) is 15.9 Å². The van der Waals surface area contributed by atoms with Crippen molar-refractivity contribution in [2.75, 3.05) is 0 Å². The number of aromatic nitrogens is 1. The van der Waals surface area contributed by atoms with Crippen LogP contribution in [-0.4, -0.2) is 16.3 Å². The van der Waals surface area contributed by atoms with Crippen LogP contribution in [0.3, 0.4) is 0 Å². The Labute approximate surface area is 103 Å². The van der Waals surface area contributed by atoms with Gasteiger partial charge in [-0.1, -0.05) is 12.8 Å². The minimum Gasteiger partial charge on any atom is -0.327 e. The van der Waals surface area contributed by atoms with E-state index < -0.39 is 0 Å². The Morgan fingerprint density at radius 2 is 2.20 bits per heavy atom. The lowest BCUT2D eigenvalue weighted by molar-refractivity contribution is 0.453. The fraction of sp³-hybridized carbons (Fsp3) is 0.545. The Morgan fingerprint density at radius 3 is 2.93 bits per heavy atom. The molecule has 0 bridgehead atoms. The summed E-state index contributed by atoms with van der Waals surface area (Å²) >= 11 is 5.34. The Bertz CT molecular complexity index is 332. The van der Waals surface area contributed by atoms with Gasteiger partial charge in [0.05, 0.1) is 0 Å². The average Bonchev–Trinajstić information content (AvgIpc) is 2.24. The smallest absolute Gasteiger partial charge is 0.110 e. The normalized spacial score (nSPS) is 26.5. The van der Waals surface area contributed by atoms with E-state index in [9.17, 15) is 0 Å². The third-order valence-corrected chi connectivity index (χ3v) is 5.08. The Kier molecular flexibility index (Phi) is 4.05. The number of rotatable bonds is 2. The number of nitrogens with two attached hydrogens (primary N) is 1. The predicted molar refractivity (Wildman–Crippen MR) is 68.0 cm³/mol. The van der Waals surface area contributed by atoms with Crippen LogP contribution in [0, 0.1) is 0 Å². The van der Waals surface area contributed by atoms with Crippen molar-refractivity contribution in [2.45, 2.75) is 42.0 Å². The van der Waals surface area contributed by atoms with Gasteiger partial charge in [-0.25, -0.2) is 4.98 Å². The summed E-state index contributed by atoms with van der Waals surface area (Å²) in [5.74, 6) is 0. The van der Waals surface area contributed by atoms with Crippen molar-refractivity contribution in [3.8, 4) is 0 Å². The SMILES string of the molecule is NC1CCCCC1Sc1ncccc1Br. The second-order valence-electron chi connectivity index (χ2n) is 3.89. The van der Waals surface area contributed by atoms with Gasteiger partial charge in [0.25, 0.3) is 0 Å². The van der Waals surface area contributed by atoms with Crippen LogP contribution in [0.25, 0.3) is 0 Å². The van der Waals surface area contributed by atoms with Gasteiger partial charge < -0.3 is 5.73 Å². The molecule has 1 aromatic heterocycles. The highest BCUT2D eigenvalue weighted by molar-refractivity contribution is 9.10. The van der Waals surface area contributed by atoms with E-state index in [-0.39, 0.29) is 0 Å². The molecule has 0 radical (unpaired) electrons. The quantitative estimate of drug-likeness (QED) is 0.907. The molecule has 82 valence electrons. The number of thioether (sulfide) groups is 1. The lowest BCUT2D eigenvalue weighted by atomic mass is 9.96. The Balaban J connectivity index is 2.04. The van der Waals surface area contributed by atoms with Crippen LogP contribution in [0.15, 0.2) is 27.8 Å². The lowest BCUT2D eigenvalue weighted by Crippen LogP contribution is -2.35. The molecule has 2 nitrogen and oxygen atoms in total. The van der Waals surface area contributed by atoms with E-state index in [1.54, 1.807) is 0 Å². The second kappa shape index (κ2) is 5.32. The minimum absolute atomic E-state index is 0.331. The first-order valence-corrected chi connectivity index (χ1v) is 6.97. The molecule has 0 amide bonds. The summed E-state index contributed by atoms with van der Waals surface area (Å²) in [5.41, 5.74) is 6.11. The molecule has 2 N–H and O–H groups in total. The van der Waals surface area contributed by atoms with Gasteiger partial charge in [-0.05, 0) is 40.9 Å². The molecule has 2 rings (SSSR count). The predicted octanol–water partition coefficient (Wildman–Crippen LogP) is 3.21. The molecular formula is C11H15BrN2S. The number of halogens is 1. The molecule has 0 aromatic carbocycles. The summed E-state index contributed by atoms with van der Waals surface area (Å²) < 4.78 is 1.08. The number of hydrogen-bond acceptors (Lipinski definition) is 3. The molecule has 4 heteroatoms. The molecule has 0 saturated heterocycles. The van der Waals surface area contributed by atoms with E-state index in [2.05, 4.69) is 20.9 Å². The largest absolute Gasteiger partial charge is 0.327 e. The van der Waals surface area contributed by atoms with Gasteiger partial charge in [0.2, 0.25) is 0 Å². The molecule has 1 saturated carbocycles. The fourth-order valence-electron chi connectivity index (χ4n) is 1.87. The molecule has 0 aliphatic heterocycles. The van der Waals surface area contributed by atoms with E-state index in [4.69, 9.17) is 5.73 Å². The van der Waals surface area contributed by atoms with Gasteiger partial charge in [-0.3, -0.25) is 0 Å². The molecular weight excluding hydrogens is 272 g/mol. The molecule has 1 fully saturated rings. The molecule has 0 spiro atoms. The van der Waals surface area contributed by atoms with Crippen LogP contribution in [-0.2, 0) is 0 Å². The Hall–Kier alpha value is -0.0600. The van der Waals surface area contributed by atoms with E-state index >= 15 is 0 Å². The third kappa shape index (κ3) is 2.95. The van der Waals surface area contributed by atoms with E-state index in [1.165, 1.54) is 19.3 Å². The molecule has 1 aliphatic rings. The molecule has 2 atom stereocenters. The molecule has 1 heterocycles. The van der Waals surface area contributed by atoms with Crippen molar-refractivity contribution in [3.05, 3.63) is 22.8 Å². The van der Waals surface area contributed by atoms with Crippen molar-refractivity contribution < 1.29 is 0 Å². The first kappa shape index (κ1) is 11.4. The van der Waals surface area contributed by atoms with Crippen LogP contribution in [0.2, 0.25) is 0 Å². The molecule has 1 aromatic rings. The van der Waals surface area contributed by atoms with Crippen LogP contribution in [0.5, 0.6) is 0 Å². The average molecular weight is 287 g/mol. The van der Waals surface area contributed by atoms with Gasteiger partial charge in [0, 0.05) is 22.0 Å².